The van der Waals surface area contributed by atoms with Crippen molar-refractivity contribution in [2.45, 2.75) is 36.1 Å². The van der Waals surface area contributed by atoms with Crippen molar-refractivity contribution in [3.05, 3.63) is 34.7 Å². The summed E-state index contributed by atoms with van der Waals surface area (Å²) in [6.45, 7) is 1.19. The van der Waals surface area contributed by atoms with Gasteiger partial charge in [-0.3, -0.25) is 4.79 Å². The van der Waals surface area contributed by atoms with Crippen molar-refractivity contribution in [3.8, 4) is 11.5 Å². The van der Waals surface area contributed by atoms with Crippen LogP contribution >= 0.6 is 11.6 Å². The second-order valence-corrected chi connectivity index (χ2v) is 10.0. The summed E-state index contributed by atoms with van der Waals surface area (Å²) in [5.41, 5.74) is 0.135. The van der Waals surface area contributed by atoms with Crippen molar-refractivity contribution in [1.82, 2.24) is 10.1 Å². The average Bonchev–Trinajstić information content (AvgIpc) is 3.20. The summed E-state index contributed by atoms with van der Waals surface area (Å²) >= 11 is 5.94. The number of aromatic hydroxyl groups is 2. The number of halogens is 1. The molecule has 13 heteroatoms. The molecule has 1 amide bonds. The summed E-state index contributed by atoms with van der Waals surface area (Å²) < 4.78 is 29.2. The largest absolute Gasteiger partial charge is 0.504 e. The molecule has 0 radical (unpaired) electrons. The van der Waals surface area contributed by atoms with Crippen LogP contribution in [0.1, 0.15) is 24.8 Å². The first kappa shape index (κ1) is 20.3. The van der Waals surface area contributed by atoms with Gasteiger partial charge in [-0.2, -0.15) is 0 Å². The van der Waals surface area contributed by atoms with Gasteiger partial charge in [0.1, 0.15) is 20.8 Å². The number of aromatic nitrogens is 1. The van der Waals surface area contributed by atoms with Crippen molar-refractivity contribution in [2.24, 2.45) is 0 Å². The number of hydrogen-bond acceptors (Lipinski definition) is 9. The van der Waals surface area contributed by atoms with Gasteiger partial charge in [-0.15, -0.1) is 0 Å². The number of anilines is 1. The number of fused-ring (bicyclic) bond motifs is 1. The Bertz CT molecular complexity index is 1180. The number of aliphatic carboxylic acids is 1. The highest BCUT2D eigenvalue weighted by molar-refractivity contribution is 7.93. The van der Waals surface area contributed by atoms with Crippen LogP contribution < -0.4 is 5.32 Å². The molecule has 2 aliphatic heterocycles. The molecule has 0 bridgehead atoms. The Hall–Kier alpha value is -2.99. The quantitative estimate of drug-likeness (QED) is 0.288. The molecule has 1 aromatic heterocycles. The van der Waals surface area contributed by atoms with Crippen LogP contribution in [-0.4, -0.2) is 57.1 Å². The molecule has 0 spiro atoms. The molecule has 11 nitrogen and oxygen atoms in total. The molecule has 30 heavy (non-hydrogen) atoms. The first-order chi connectivity index (χ1) is 14.0. The second-order valence-electron chi connectivity index (χ2n) is 7.18. The van der Waals surface area contributed by atoms with E-state index in [9.17, 15) is 33.3 Å². The number of β-lactam (4-membered cyclic amide) rings is 1. The molecule has 4 rings (SSSR count). The van der Waals surface area contributed by atoms with Crippen LogP contribution in [0.3, 0.4) is 0 Å². The lowest BCUT2D eigenvalue weighted by molar-refractivity contribution is -0.157. The van der Waals surface area contributed by atoms with E-state index in [0.29, 0.717) is 0 Å². The number of rotatable bonds is 5. The van der Waals surface area contributed by atoms with Crippen molar-refractivity contribution in [2.75, 3.05) is 5.32 Å². The number of nitrogens with zero attached hydrogens (tertiary/aromatic N) is 2. The van der Waals surface area contributed by atoms with Crippen molar-refractivity contribution < 1.29 is 37.8 Å². The Balaban J connectivity index is 1.64. The fourth-order valence-electron chi connectivity index (χ4n) is 3.82. The van der Waals surface area contributed by atoms with Gasteiger partial charge in [0, 0.05) is 6.07 Å². The van der Waals surface area contributed by atoms with E-state index in [4.69, 9.17) is 16.1 Å². The lowest BCUT2D eigenvalue weighted by Gasteiger charge is -2.35. The van der Waals surface area contributed by atoms with E-state index in [1.165, 1.54) is 25.1 Å². The number of carboxylic acid groups (broad SMARTS) is 1. The minimum atomic E-state index is -4.08. The zero-order valence-electron chi connectivity index (χ0n) is 15.4. The summed E-state index contributed by atoms with van der Waals surface area (Å²) in [5.74, 6) is -2.75. The van der Waals surface area contributed by atoms with Crippen LogP contribution in [0.2, 0.25) is 5.02 Å². The SMILES string of the molecule is C[C@]1(c2cc(CNc3ccc(O)c(O)c3Cl)on2)[C@H](C(=O)O)N2C(=O)C[C@H]2S1(=O)=O. The Labute approximate surface area is 174 Å². The van der Waals surface area contributed by atoms with E-state index in [1.54, 1.807) is 0 Å². The zero-order valence-corrected chi connectivity index (χ0v) is 16.9. The van der Waals surface area contributed by atoms with Crippen LogP contribution in [-0.2, 0) is 30.7 Å². The first-order valence-corrected chi connectivity index (χ1v) is 10.6. The summed E-state index contributed by atoms with van der Waals surface area (Å²) in [6.07, 6.45) is -0.267. The number of carbonyl (C=O) groups excluding carboxylic acids is 1. The van der Waals surface area contributed by atoms with Gasteiger partial charge in [-0.1, -0.05) is 16.8 Å². The van der Waals surface area contributed by atoms with Gasteiger partial charge in [0.2, 0.25) is 5.91 Å². The predicted octanol–water partition coefficient (Wildman–Crippen LogP) is 1.01. The van der Waals surface area contributed by atoms with E-state index in [1.807, 2.05) is 0 Å². The molecule has 3 atom stereocenters. The van der Waals surface area contributed by atoms with Crippen LogP contribution in [0, 0.1) is 0 Å². The third kappa shape index (κ3) is 2.56. The smallest absolute Gasteiger partial charge is 0.328 e. The standard InChI is InChI=1S/C17H16ClN3O8S/c1-17(15(16(25)26)21-11(23)5-12(21)30(17,27)28)10-4-7(29-20-10)6-19-8-2-3-9(22)14(24)13(8)18/h2-4,12,15,19,22,24H,5-6H2,1H3,(H,25,26)/t12-,15+,17+/m1/s1. The Kier molecular flexibility index (Phi) is 4.40. The van der Waals surface area contributed by atoms with Gasteiger partial charge in [0.25, 0.3) is 0 Å². The molecule has 2 aliphatic rings. The maximum absolute atomic E-state index is 13.0. The number of nitrogens with one attached hydrogen (secondary N) is 1. The normalized spacial score (nSPS) is 26.9. The molecule has 0 aliphatic carbocycles. The van der Waals surface area contributed by atoms with E-state index in [0.717, 1.165) is 4.90 Å². The molecule has 160 valence electrons. The Morgan fingerprint density at radius 2 is 2.13 bits per heavy atom. The fourth-order valence-corrected chi connectivity index (χ4v) is 6.42. The van der Waals surface area contributed by atoms with Crippen molar-refractivity contribution >= 4 is 39.0 Å². The third-order valence-electron chi connectivity index (χ3n) is 5.55. The number of phenolic OH excluding ortho intramolecular Hbond substituents is 2. The average molecular weight is 458 g/mol. The van der Waals surface area contributed by atoms with Crippen LogP contribution in [0.25, 0.3) is 0 Å². The minimum absolute atomic E-state index is 0.0309. The number of hydrogen-bond donors (Lipinski definition) is 4. The number of carbonyl (C=O) groups is 2. The molecular formula is C17H16ClN3O8S. The van der Waals surface area contributed by atoms with Gasteiger partial charge in [0.05, 0.1) is 18.7 Å². The highest BCUT2D eigenvalue weighted by atomic mass is 35.5. The van der Waals surface area contributed by atoms with E-state index < -0.39 is 49.4 Å². The zero-order chi connectivity index (χ0) is 22.0. The highest BCUT2D eigenvalue weighted by Gasteiger charge is 2.71. The highest BCUT2D eigenvalue weighted by Crippen LogP contribution is 2.51. The fraction of sp³-hybridized carbons (Fsp3) is 0.353. The van der Waals surface area contributed by atoms with E-state index in [-0.39, 0.29) is 35.1 Å². The first-order valence-electron chi connectivity index (χ1n) is 8.68. The topological polar surface area (TPSA) is 170 Å². The molecule has 1 aromatic carbocycles. The monoisotopic (exact) mass is 457 g/mol. The van der Waals surface area contributed by atoms with Crippen molar-refractivity contribution in [3.63, 3.8) is 0 Å². The van der Waals surface area contributed by atoms with Gasteiger partial charge in [0.15, 0.2) is 33.1 Å². The molecule has 3 heterocycles. The van der Waals surface area contributed by atoms with Crippen LogP contribution in [0.15, 0.2) is 22.7 Å². The maximum Gasteiger partial charge on any atom is 0.328 e. The molecule has 0 saturated carbocycles. The molecular weight excluding hydrogens is 442 g/mol. The number of benzene rings is 1. The summed E-state index contributed by atoms with van der Waals surface area (Å²) in [7, 11) is -4.08. The van der Waals surface area contributed by atoms with Gasteiger partial charge in [-0.05, 0) is 19.1 Å². The van der Waals surface area contributed by atoms with E-state index >= 15 is 0 Å². The molecule has 4 N–H and O–H groups in total. The summed E-state index contributed by atoms with van der Waals surface area (Å²) in [6, 6.07) is 2.31. The van der Waals surface area contributed by atoms with Gasteiger partial charge in [-0.25, -0.2) is 13.2 Å². The predicted molar refractivity (Wildman–Crippen MR) is 102 cm³/mol. The number of sulfone groups is 1. The lowest BCUT2D eigenvalue weighted by atomic mass is 9.93. The third-order valence-corrected chi connectivity index (χ3v) is 8.65. The maximum atomic E-state index is 13.0. The number of phenols is 2. The Morgan fingerprint density at radius 3 is 2.77 bits per heavy atom. The molecule has 0 unspecified atom stereocenters. The second kappa shape index (κ2) is 6.51. The van der Waals surface area contributed by atoms with Crippen LogP contribution in [0.5, 0.6) is 11.5 Å². The van der Waals surface area contributed by atoms with Gasteiger partial charge < -0.3 is 30.1 Å². The molecule has 2 saturated heterocycles. The summed E-state index contributed by atoms with van der Waals surface area (Å²) in [5, 5.41) is 34.0. The lowest BCUT2D eigenvalue weighted by Crippen LogP contribution is -2.57. The number of carboxylic acids is 1. The van der Waals surface area contributed by atoms with E-state index in [2.05, 4.69) is 10.5 Å². The Morgan fingerprint density at radius 1 is 1.43 bits per heavy atom. The molecule has 2 fully saturated rings. The van der Waals surface area contributed by atoms with Crippen molar-refractivity contribution in [1.29, 1.82) is 0 Å². The molecule has 2 aromatic rings. The minimum Gasteiger partial charge on any atom is -0.504 e. The summed E-state index contributed by atoms with van der Waals surface area (Å²) in [4.78, 5) is 24.6. The van der Waals surface area contributed by atoms with Gasteiger partial charge >= 0.3 is 5.97 Å². The number of amides is 1. The van der Waals surface area contributed by atoms with Crippen LogP contribution in [0.4, 0.5) is 5.69 Å².